The molecule has 0 amide bonds. The van der Waals surface area contributed by atoms with Crippen molar-refractivity contribution >= 4 is 0 Å². The van der Waals surface area contributed by atoms with Crippen molar-refractivity contribution in [1.82, 2.24) is 5.32 Å². The molecule has 0 saturated heterocycles. The van der Waals surface area contributed by atoms with E-state index in [1.54, 1.807) is 19.9 Å². The Hall–Kier alpha value is -1.13. The molecule has 0 aliphatic carbocycles. The Morgan fingerprint density at radius 3 is 2.35 bits per heavy atom. The molecule has 0 aromatic heterocycles. The van der Waals surface area contributed by atoms with Crippen molar-refractivity contribution in [3.05, 3.63) is 29.6 Å². The molecular weight excluding hydrogens is 257 g/mol. The van der Waals surface area contributed by atoms with E-state index < -0.39 is 5.60 Å². The Morgan fingerprint density at radius 1 is 1.20 bits per heavy atom. The van der Waals surface area contributed by atoms with Gasteiger partial charge in [-0.05, 0) is 52.3 Å². The molecule has 3 nitrogen and oxygen atoms in total. The molecule has 1 aromatic rings. The Bertz CT molecular complexity index is 433. The van der Waals surface area contributed by atoms with E-state index in [1.165, 1.54) is 6.07 Å². The number of hydrogen-bond acceptors (Lipinski definition) is 3. The van der Waals surface area contributed by atoms with Gasteiger partial charge >= 0.3 is 0 Å². The smallest absolute Gasteiger partial charge is 0.165 e. The van der Waals surface area contributed by atoms with Crippen LogP contribution in [-0.4, -0.2) is 22.9 Å². The van der Waals surface area contributed by atoms with Gasteiger partial charge in [0.15, 0.2) is 11.6 Å². The van der Waals surface area contributed by atoms with Crippen LogP contribution in [0.1, 0.15) is 46.6 Å². The van der Waals surface area contributed by atoms with Gasteiger partial charge in [-0.1, -0.05) is 6.07 Å². The first-order valence-corrected chi connectivity index (χ1v) is 6.95. The predicted octanol–water partition coefficient (Wildman–Crippen LogP) is 3.25. The van der Waals surface area contributed by atoms with Crippen LogP contribution in [0.4, 0.5) is 4.39 Å². The van der Waals surface area contributed by atoms with Crippen molar-refractivity contribution in [2.24, 2.45) is 0 Å². The molecule has 4 heteroatoms. The molecule has 0 fully saturated rings. The Balaban J connectivity index is 2.55. The van der Waals surface area contributed by atoms with Gasteiger partial charge < -0.3 is 15.2 Å². The van der Waals surface area contributed by atoms with Crippen LogP contribution in [0, 0.1) is 5.82 Å². The van der Waals surface area contributed by atoms with E-state index in [-0.39, 0.29) is 17.1 Å². The van der Waals surface area contributed by atoms with E-state index in [4.69, 9.17) is 4.74 Å². The average molecular weight is 283 g/mol. The number of halogens is 1. The molecule has 0 heterocycles. The molecule has 114 valence electrons. The second-order valence-electron chi connectivity index (χ2n) is 6.78. The van der Waals surface area contributed by atoms with Crippen LogP contribution in [0.25, 0.3) is 0 Å². The van der Waals surface area contributed by atoms with Crippen molar-refractivity contribution in [2.75, 3.05) is 6.61 Å². The summed E-state index contributed by atoms with van der Waals surface area (Å²) in [5, 5.41) is 12.9. The van der Waals surface area contributed by atoms with Crippen molar-refractivity contribution < 1.29 is 14.2 Å². The number of nitrogens with one attached hydrogen (secondary N) is 1. The summed E-state index contributed by atoms with van der Waals surface area (Å²) in [6.07, 6.45) is 0.458. The largest absolute Gasteiger partial charge is 0.490 e. The van der Waals surface area contributed by atoms with Crippen molar-refractivity contribution in [3.63, 3.8) is 0 Å². The molecule has 0 atom stereocenters. The van der Waals surface area contributed by atoms with E-state index in [9.17, 15) is 9.50 Å². The van der Waals surface area contributed by atoms with Gasteiger partial charge in [0.25, 0.3) is 0 Å². The van der Waals surface area contributed by atoms with Gasteiger partial charge in [0, 0.05) is 18.5 Å². The number of hydrogen-bond donors (Lipinski definition) is 2. The van der Waals surface area contributed by atoms with E-state index >= 15 is 0 Å². The minimum Gasteiger partial charge on any atom is -0.490 e. The number of rotatable bonds is 6. The molecule has 20 heavy (non-hydrogen) atoms. The molecule has 2 N–H and O–H groups in total. The van der Waals surface area contributed by atoms with Crippen LogP contribution >= 0.6 is 0 Å². The van der Waals surface area contributed by atoms with Crippen LogP contribution in [-0.2, 0) is 6.54 Å². The summed E-state index contributed by atoms with van der Waals surface area (Å²) in [6, 6.07) is 4.97. The Labute approximate surface area is 121 Å². The van der Waals surface area contributed by atoms with Crippen LogP contribution in [0.5, 0.6) is 5.75 Å². The van der Waals surface area contributed by atoms with E-state index in [0.717, 1.165) is 5.56 Å². The van der Waals surface area contributed by atoms with Crippen LogP contribution in [0.2, 0.25) is 0 Å². The highest BCUT2D eigenvalue weighted by Gasteiger charge is 2.14. The predicted molar refractivity (Wildman–Crippen MR) is 79.4 cm³/mol. The normalized spacial score (nSPS) is 12.6. The average Bonchev–Trinajstić information content (AvgIpc) is 2.26. The van der Waals surface area contributed by atoms with Crippen LogP contribution in [0.3, 0.4) is 0 Å². The van der Waals surface area contributed by atoms with Crippen LogP contribution in [0.15, 0.2) is 18.2 Å². The molecule has 1 aromatic carbocycles. The zero-order chi connectivity index (χ0) is 15.4. The van der Waals surface area contributed by atoms with Gasteiger partial charge in [0.05, 0.1) is 12.2 Å². The van der Waals surface area contributed by atoms with Gasteiger partial charge in [0.1, 0.15) is 0 Å². The third kappa shape index (κ3) is 6.87. The van der Waals surface area contributed by atoms with E-state index in [0.29, 0.717) is 19.6 Å². The first-order valence-electron chi connectivity index (χ1n) is 6.95. The lowest BCUT2D eigenvalue weighted by Crippen LogP contribution is -2.35. The fraction of sp³-hybridized carbons (Fsp3) is 0.625. The van der Waals surface area contributed by atoms with Crippen molar-refractivity contribution in [1.29, 1.82) is 0 Å². The SMILES string of the molecule is CC(C)(O)CCOc1ccc(CNC(C)(C)C)cc1F. The number of benzene rings is 1. The van der Waals surface area contributed by atoms with Crippen molar-refractivity contribution in [3.8, 4) is 5.75 Å². The highest BCUT2D eigenvalue weighted by Crippen LogP contribution is 2.20. The molecule has 0 unspecified atom stereocenters. The van der Waals surface area contributed by atoms with E-state index in [2.05, 4.69) is 26.1 Å². The van der Waals surface area contributed by atoms with E-state index in [1.807, 2.05) is 6.07 Å². The maximum absolute atomic E-state index is 13.9. The molecule has 0 saturated carbocycles. The summed E-state index contributed by atoms with van der Waals surface area (Å²) >= 11 is 0. The highest BCUT2D eigenvalue weighted by molar-refractivity contribution is 5.29. The second kappa shape index (κ2) is 6.55. The molecule has 0 radical (unpaired) electrons. The zero-order valence-corrected chi connectivity index (χ0v) is 13.1. The number of aliphatic hydroxyl groups is 1. The van der Waals surface area contributed by atoms with Crippen LogP contribution < -0.4 is 10.1 Å². The minimum atomic E-state index is -0.799. The Morgan fingerprint density at radius 2 is 1.85 bits per heavy atom. The lowest BCUT2D eigenvalue weighted by Gasteiger charge is -2.21. The first kappa shape index (κ1) is 16.9. The van der Waals surface area contributed by atoms with Gasteiger partial charge in [-0.25, -0.2) is 4.39 Å². The molecule has 0 spiro atoms. The Kier molecular flexibility index (Phi) is 5.54. The lowest BCUT2D eigenvalue weighted by atomic mass is 10.1. The van der Waals surface area contributed by atoms with Crippen molar-refractivity contribution in [2.45, 2.75) is 58.7 Å². The van der Waals surface area contributed by atoms with Gasteiger partial charge in [-0.3, -0.25) is 0 Å². The molecule has 0 aliphatic heterocycles. The van der Waals surface area contributed by atoms with Gasteiger partial charge in [0.2, 0.25) is 0 Å². The fourth-order valence-corrected chi connectivity index (χ4v) is 1.55. The molecule has 0 bridgehead atoms. The minimum absolute atomic E-state index is 0.00163. The quantitative estimate of drug-likeness (QED) is 0.842. The maximum Gasteiger partial charge on any atom is 0.165 e. The summed E-state index contributed by atoms with van der Waals surface area (Å²) in [7, 11) is 0. The zero-order valence-electron chi connectivity index (χ0n) is 13.1. The van der Waals surface area contributed by atoms with Gasteiger partial charge in [-0.15, -0.1) is 0 Å². The summed E-state index contributed by atoms with van der Waals surface area (Å²) in [4.78, 5) is 0. The summed E-state index contributed by atoms with van der Waals surface area (Å²) in [5.74, 6) is -0.136. The first-order chi connectivity index (χ1) is 9.07. The highest BCUT2D eigenvalue weighted by atomic mass is 19.1. The number of ether oxygens (including phenoxy) is 1. The summed E-state index contributed by atoms with van der Waals surface area (Å²) in [6.45, 7) is 10.5. The molecular formula is C16H26FNO2. The molecule has 0 aliphatic rings. The summed E-state index contributed by atoms with van der Waals surface area (Å²) in [5.41, 5.74) is 0.0815. The maximum atomic E-state index is 13.9. The monoisotopic (exact) mass is 283 g/mol. The third-order valence-electron chi connectivity index (χ3n) is 2.79. The molecule has 1 rings (SSSR count). The standard InChI is InChI=1S/C16H26FNO2/c1-15(2,3)18-11-12-6-7-14(13(17)10-12)20-9-8-16(4,5)19/h6-7,10,18-19H,8-9,11H2,1-5H3. The van der Waals surface area contributed by atoms with Gasteiger partial charge in [-0.2, -0.15) is 0 Å². The third-order valence-corrected chi connectivity index (χ3v) is 2.79. The fourth-order valence-electron chi connectivity index (χ4n) is 1.55. The topological polar surface area (TPSA) is 41.5 Å². The summed E-state index contributed by atoms with van der Waals surface area (Å²) < 4.78 is 19.2. The second-order valence-corrected chi connectivity index (χ2v) is 6.78. The lowest BCUT2D eigenvalue weighted by molar-refractivity contribution is 0.0547.